The molecule has 0 aromatic heterocycles. The first-order valence-electron chi connectivity index (χ1n) is 5.82. The lowest BCUT2D eigenvalue weighted by Crippen LogP contribution is -2.29. The Morgan fingerprint density at radius 1 is 1.59 bits per heavy atom. The Morgan fingerprint density at radius 2 is 2.41 bits per heavy atom. The molecular formula is C13H17NO2S. The van der Waals surface area contributed by atoms with Gasteiger partial charge < -0.3 is 10.4 Å². The van der Waals surface area contributed by atoms with E-state index in [1.54, 1.807) is 18.2 Å². The van der Waals surface area contributed by atoms with Gasteiger partial charge in [0.2, 0.25) is 0 Å². The van der Waals surface area contributed by atoms with Gasteiger partial charge in [-0.25, -0.2) is 0 Å². The molecule has 17 heavy (non-hydrogen) atoms. The first-order valence-corrected chi connectivity index (χ1v) is 6.98. The number of nitrogens with one attached hydrogen (secondary N) is 1. The molecule has 1 atom stereocenters. The Balaban J connectivity index is 1.94. The van der Waals surface area contributed by atoms with E-state index in [9.17, 15) is 9.90 Å². The predicted octanol–water partition coefficient (Wildman–Crippen LogP) is 2.18. The smallest absolute Gasteiger partial charge is 0.251 e. The summed E-state index contributed by atoms with van der Waals surface area (Å²) in [5.74, 6) is 3.13. The average Bonchev–Trinajstić information content (AvgIpc) is 2.78. The van der Waals surface area contributed by atoms with Gasteiger partial charge in [-0.1, -0.05) is 0 Å². The van der Waals surface area contributed by atoms with E-state index in [0.717, 1.165) is 17.9 Å². The lowest BCUT2D eigenvalue weighted by molar-refractivity contribution is 0.0948. The highest BCUT2D eigenvalue weighted by atomic mass is 32.2. The van der Waals surface area contributed by atoms with Gasteiger partial charge in [0.1, 0.15) is 5.75 Å². The van der Waals surface area contributed by atoms with Crippen molar-refractivity contribution >= 4 is 17.7 Å². The van der Waals surface area contributed by atoms with Crippen LogP contribution in [-0.2, 0) is 0 Å². The number of benzene rings is 1. The predicted molar refractivity (Wildman–Crippen MR) is 70.6 cm³/mol. The van der Waals surface area contributed by atoms with Crippen LogP contribution in [-0.4, -0.2) is 29.1 Å². The standard InChI is InChI=1S/C13H17NO2S/c1-9-6-11(15)2-3-12(9)13(16)14-7-10-4-5-17-8-10/h2-3,6,10,15H,4-5,7-8H2,1H3,(H,14,16). The van der Waals surface area contributed by atoms with Crippen molar-refractivity contribution in [2.24, 2.45) is 5.92 Å². The molecule has 0 spiro atoms. The molecule has 0 aliphatic carbocycles. The molecule has 1 aliphatic heterocycles. The summed E-state index contributed by atoms with van der Waals surface area (Å²) in [7, 11) is 0. The average molecular weight is 251 g/mol. The van der Waals surface area contributed by atoms with Gasteiger partial charge in [0.15, 0.2) is 0 Å². The quantitative estimate of drug-likeness (QED) is 0.865. The van der Waals surface area contributed by atoms with Crippen molar-refractivity contribution < 1.29 is 9.90 Å². The minimum absolute atomic E-state index is 0.0422. The van der Waals surface area contributed by atoms with Crippen LogP contribution in [0.3, 0.4) is 0 Å². The van der Waals surface area contributed by atoms with Crippen molar-refractivity contribution in [3.63, 3.8) is 0 Å². The molecule has 2 N–H and O–H groups in total. The number of phenolic OH excluding ortho intramolecular Hbond substituents is 1. The molecular weight excluding hydrogens is 234 g/mol. The molecule has 0 radical (unpaired) electrons. The Hall–Kier alpha value is -1.16. The van der Waals surface area contributed by atoms with Crippen molar-refractivity contribution in [3.05, 3.63) is 29.3 Å². The normalized spacial score (nSPS) is 19.2. The van der Waals surface area contributed by atoms with Gasteiger partial charge in [0.25, 0.3) is 5.91 Å². The molecule has 1 saturated heterocycles. The largest absolute Gasteiger partial charge is 0.508 e. The maximum atomic E-state index is 11.9. The number of hydrogen-bond donors (Lipinski definition) is 2. The summed E-state index contributed by atoms with van der Waals surface area (Å²) >= 11 is 1.95. The Morgan fingerprint density at radius 3 is 3.06 bits per heavy atom. The minimum Gasteiger partial charge on any atom is -0.508 e. The van der Waals surface area contributed by atoms with Crippen LogP contribution >= 0.6 is 11.8 Å². The SMILES string of the molecule is Cc1cc(O)ccc1C(=O)NCC1CCSC1. The van der Waals surface area contributed by atoms with Crippen LogP contribution in [0.2, 0.25) is 0 Å². The van der Waals surface area contributed by atoms with Crippen LogP contribution in [0.25, 0.3) is 0 Å². The molecule has 1 heterocycles. The zero-order valence-electron chi connectivity index (χ0n) is 9.90. The van der Waals surface area contributed by atoms with Crippen molar-refractivity contribution in [2.45, 2.75) is 13.3 Å². The monoisotopic (exact) mass is 251 g/mol. The highest BCUT2D eigenvalue weighted by Crippen LogP contribution is 2.22. The van der Waals surface area contributed by atoms with Crippen molar-refractivity contribution in [1.82, 2.24) is 5.32 Å². The van der Waals surface area contributed by atoms with Crippen LogP contribution in [0, 0.1) is 12.8 Å². The van der Waals surface area contributed by atoms with Gasteiger partial charge in [-0.05, 0) is 54.5 Å². The van der Waals surface area contributed by atoms with E-state index < -0.39 is 0 Å². The number of hydrogen-bond acceptors (Lipinski definition) is 3. The van der Waals surface area contributed by atoms with Gasteiger partial charge in [0, 0.05) is 12.1 Å². The first-order chi connectivity index (χ1) is 8.16. The number of carbonyl (C=O) groups excluding carboxylic acids is 1. The maximum Gasteiger partial charge on any atom is 0.251 e. The van der Waals surface area contributed by atoms with Gasteiger partial charge in [-0.3, -0.25) is 4.79 Å². The molecule has 92 valence electrons. The lowest BCUT2D eigenvalue weighted by atomic mass is 10.1. The zero-order chi connectivity index (χ0) is 12.3. The van der Waals surface area contributed by atoms with Gasteiger partial charge in [-0.2, -0.15) is 11.8 Å². The maximum absolute atomic E-state index is 11.9. The van der Waals surface area contributed by atoms with Gasteiger partial charge in [0.05, 0.1) is 0 Å². The third kappa shape index (κ3) is 3.16. The summed E-state index contributed by atoms with van der Waals surface area (Å²) < 4.78 is 0. The molecule has 1 unspecified atom stereocenters. The second kappa shape index (κ2) is 5.45. The van der Waals surface area contributed by atoms with Crippen LogP contribution in [0.5, 0.6) is 5.75 Å². The molecule has 0 bridgehead atoms. The van der Waals surface area contributed by atoms with E-state index in [-0.39, 0.29) is 11.7 Å². The number of aromatic hydroxyl groups is 1. The van der Waals surface area contributed by atoms with Crippen LogP contribution in [0.15, 0.2) is 18.2 Å². The van der Waals surface area contributed by atoms with E-state index >= 15 is 0 Å². The van der Waals surface area contributed by atoms with Gasteiger partial charge in [-0.15, -0.1) is 0 Å². The zero-order valence-corrected chi connectivity index (χ0v) is 10.7. The summed E-state index contributed by atoms with van der Waals surface area (Å²) in [4.78, 5) is 11.9. The number of aryl methyl sites for hydroxylation is 1. The number of phenols is 1. The highest BCUT2D eigenvalue weighted by Gasteiger charge is 2.17. The summed E-state index contributed by atoms with van der Waals surface area (Å²) in [6, 6.07) is 4.83. The van der Waals surface area contributed by atoms with Gasteiger partial charge >= 0.3 is 0 Å². The molecule has 3 nitrogen and oxygen atoms in total. The van der Waals surface area contributed by atoms with E-state index in [1.165, 1.54) is 12.2 Å². The molecule has 1 aromatic carbocycles. The van der Waals surface area contributed by atoms with Crippen molar-refractivity contribution in [3.8, 4) is 5.75 Å². The third-order valence-electron chi connectivity index (χ3n) is 3.03. The van der Waals surface area contributed by atoms with Crippen LogP contribution < -0.4 is 5.32 Å². The lowest BCUT2D eigenvalue weighted by Gasteiger charge is -2.11. The fourth-order valence-electron chi connectivity index (χ4n) is 1.98. The second-order valence-corrected chi connectivity index (χ2v) is 5.59. The Bertz CT molecular complexity index is 414. The highest BCUT2D eigenvalue weighted by molar-refractivity contribution is 7.99. The second-order valence-electron chi connectivity index (χ2n) is 4.44. The molecule has 1 amide bonds. The summed E-state index contributed by atoms with van der Waals surface area (Å²) in [5, 5.41) is 12.3. The van der Waals surface area contributed by atoms with Crippen LogP contribution in [0.4, 0.5) is 0 Å². The number of carbonyl (C=O) groups is 1. The molecule has 2 rings (SSSR count). The van der Waals surface area contributed by atoms with E-state index in [1.807, 2.05) is 18.7 Å². The molecule has 1 aliphatic rings. The number of amides is 1. The third-order valence-corrected chi connectivity index (χ3v) is 4.26. The van der Waals surface area contributed by atoms with Crippen molar-refractivity contribution in [2.75, 3.05) is 18.1 Å². The van der Waals surface area contributed by atoms with Crippen LogP contribution in [0.1, 0.15) is 22.3 Å². The first kappa shape index (κ1) is 12.3. The van der Waals surface area contributed by atoms with E-state index in [4.69, 9.17) is 0 Å². The molecule has 1 fully saturated rings. The summed E-state index contributed by atoms with van der Waals surface area (Å²) in [5.41, 5.74) is 1.46. The number of thioether (sulfide) groups is 1. The summed E-state index contributed by atoms with van der Waals surface area (Å²) in [6.07, 6.45) is 1.19. The van der Waals surface area contributed by atoms with Crippen molar-refractivity contribution in [1.29, 1.82) is 0 Å². The number of rotatable bonds is 3. The van der Waals surface area contributed by atoms with E-state index in [2.05, 4.69) is 5.32 Å². The molecule has 1 aromatic rings. The van der Waals surface area contributed by atoms with E-state index in [0.29, 0.717) is 11.5 Å². The fourth-order valence-corrected chi connectivity index (χ4v) is 3.26. The summed E-state index contributed by atoms with van der Waals surface area (Å²) in [6.45, 7) is 2.59. The minimum atomic E-state index is -0.0422. The molecule has 0 saturated carbocycles. The Kier molecular flexibility index (Phi) is 3.94. The topological polar surface area (TPSA) is 49.3 Å². The Labute approximate surface area is 106 Å². The molecule has 4 heteroatoms. The fraction of sp³-hybridized carbons (Fsp3) is 0.462.